The Kier molecular flexibility index (Phi) is 18.0. The molecule has 0 aromatic heterocycles. The van der Waals surface area contributed by atoms with Crippen LogP contribution in [0, 0.1) is 0 Å². The monoisotopic (exact) mass is 604 g/mol. The van der Waals surface area contributed by atoms with Crippen LogP contribution in [0.3, 0.4) is 0 Å². The zero-order valence-electron chi connectivity index (χ0n) is 28.4. The molecule has 0 spiro atoms. The number of hydrogen-bond acceptors (Lipinski definition) is 3. The number of amides is 3. The third-order valence-electron chi connectivity index (χ3n) is 8.45. The van der Waals surface area contributed by atoms with Gasteiger partial charge < -0.3 is 20.4 Å². The Bertz CT molecular complexity index is 1100. The van der Waals surface area contributed by atoms with Crippen molar-refractivity contribution < 1.29 is 9.59 Å². The first kappa shape index (κ1) is 36.9. The van der Waals surface area contributed by atoms with Gasteiger partial charge >= 0.3 is 6.03 Å². The normalized spacial score (nSPS) is 12.3. The van der Waals surface area contributed by atoms with Crippen molar-refractivity contribution in [1.82, 2.24) is 20.4 Å². The van der Waals surface area contributed by atoms with E-state index < -0.39 is 0 Å². The van der Waals surface area contributed by atoms with Crippen molar-refractivity contribution in [2.75, 3.05) is 20.1 Å². The van der Waals surface area contributed by atoms with Crippen molar-refractivity contribution in [2.24, 2.45) is 0 Å². The van der Waals surface area contributed by atoms with Gasteiger partial charge in [0.05, 0.1) is 0 Å². The molecule has 0 fully saturated rings. The minimum atomic E-state index is -0.285. The average Bonchev–Trinajstić information content (AvgIpc) is 3.04. The van der Waals surface area contributed by atoms with E-state index in [1.807, 2.05) is 11.8 Å². The Labute approximate surface area is 268 Å². The molecule has 2 aromatic carbocycles. The van der Waals surface area contributed by atoms with E-state index in [4.69, 9.17) is 0 Å². The first-order valence-corrected chi connectivity index (χ1v) is 17.2. The first-order valence-electron chi connectivity index (χ1n) is 17.2. The summed E-state index contributed by atoms with van der Waals surface area (Å²) in [5.74, 6) is 0.160. The summed E-state index contributed by atoms with van der Waals surface area (Å²) in [6.07, 6.45) is 15.1. The third kappa shape index (κ3) is 12.8. The van der Waals surface area contributed by atoms with Crippen LogP contribution in [0.5, 0.6) is 0 Å². The number of nitrogens with one attached hydrogen (secondary N) is 2. The Morgan fingerprint density at radius 3 is 2.14 bits per heavy atom. The lowest BCUT2D eigenvalue weighted by molar-refractivity contribution is -0.135. The molecule has 0 radical (unpaired) electrons. The minimum absolute atomic E-state index is 0.0372. The van der Waals surface area contributed by atoms with Crippen LogP contribution in [0.25, 0.3) is 11.1 Å². The minimum Gasteiger partial charge on any atom is -0.380 e. The molecule has 2 N–H and O–H groups in total. The summed E-state index contributed by atoms with van der Waals surface area (Å²) < 4.78 is 0. The quantitative estimate of drug-likeness (QED) is 0.132. The van der Waals surface area contributed by atoms with Crippen LogP contribution >= 0.6 is 0 Å². The second-order valence-electron chi connectivity index (χ2n) is 12.1. The van der Waals surface area contributed by atoms with E-state index in [0.717, 1.165) is 74.7 Å². The molecule has 244 valence electrons. The highest BCUT2D eigenvalue weighted by atomic mass is 16.2. The third-order valence-corrected chi connectivity index (χ3v) is 8.45. The number of nitrogens with zero attached hydrogens (tertiary/aromatic N) is 2. The van der Waals surface area contributed by atoms with Gasteiger partial charge in [0.1, 0.15) is 6.04 Å². The summed E-state index contributed by atoms with van der Waals surface area (Å²) in [6, 6.07) is 17.2. The molecule has 3 amide bonds. The predicted octanol–water partition coefficient (Wildman–Crippen LogP) is 8.71. The van der Waals surface area contributed by atoms with Crippen LogP contribution in [0.2, 0.25) is 0 Å². The SMILES string of the molecule is C=CN[C@@H](C)C(=O)N(CCCC)C(CCCCCCCC)Cc1ccc(-c2cccc(CN(CCCC)C(=O)NC)c2)cc1. The van der Waals surface area contributed by atoms with E-state index >= 15 is 0 Å². The molecule has 0 aliphatic carbocycles. The van der Waals surface area contributed by atoms with Crippen molar-refractivity contribution in [3.05, 3.63) is 72.4 Å². The highest BCUT2D eigenvalue weighted by molar-refractivity contribution is 5.82. The molecular formula is C38H60N4O2. The Hall–Kier alpha value is -3.28. The van der Waals surface area contributed by atoms with Crippen molar-refractivity contribution >= 4 is 11.9 Å². The summed E-state index contributed by atoms with van der Waals surface area (Å²) in [5, 5.41) is 5.90. The Balaban J connectivity index is 2.23. The van der Waals surface area contributed by atoms with Gasteiger partial charge in [-0.15, -0.1) is 0 Å². The van der Waals surface area contributed by atoms with E-state index in [1.54, 1.807) is 13.2 Å². The van der Waals surface area contributed by atoms with Gasteiger partial charge in [0.25, 0.3) is 0 Å². The summed E-state index contributed by atoms with van der Waals surface area (Å²) in [6.45, 7) is 14.4. The van der Waals surface area contributed by atoms with Gasteiger partial charge in [-0.1, -0.05) is 121 Å². The summed E-state index contributed by atoms with van der Waals surface area (Å²) in [4.78, 5) is 30.1. The predicted molar refractivity (Wildman–Crippen MR) is 187 cm³/mol. The van der Waals surface area contributed by atoms with E-state index in [2.05, 4.69) is 91.4 Å². The fourth-order valence-corrected chi connectivity index (χ4v) is 5.76. The lowest BCUT2D eigenvalue weighted by Crippen LogP contribution is -2.49. The largest absolute Gasteiger partial charge is 0.380 e. The maximum absolute atomic E-state index is 13.6. The van der Waals surface area contributed by atoms with Crippen molar-refractivity contribution in [3.63, 3.8) is 0 Å². The molecule has 1 unspecified atom stereocenters. The molecule has 2 atom stereocenters. The van der Waals surface area contributed by atoms with E-state index in [0.29, 0.717) is 6.54 Å². The number of carbonyl (C=O) groups is 2. The fourth-order valence-electron chi connectivity index (χ4n) is 5.76. The molecule has 0 saturated carbocycles. The molecule has 2 rings (SSSR count). The zero-order chi connectivity index (χ0) is 32.2. The molecule has 6 heteroatoms. The molecule has 0 saturated heterocycles. The molecule has 0 aliphatic heterocycles. The summed E-state index contributed by atoms with van der Waals surface area (Å²) in [7, 11) is 1.69. The maximum atomic E-state index is 13.6. The number of urea groups is 1. The number of unbranched alkanes of at least 4 members (excludes halogenated alkanes) is 7. The standard InChI is InChI=1S/C38H60N4O2/c1-7-11-14-15-16-17-21-36(42(27-13-9-3)37(43)31(5)40-10-4)29-32-22-24-34(25-23-32)35-20-18-19-33(28-35)30-41(26-12-8-2)38(44)39-6/h10,18-20,22-25,28,31,36,40H,4,7-9,11-17,21,26-27,29-30H2,1-3,5-6H3,(H,39,44)/t31-,36?/m0/s1. The van der Waals surface area contributed by atoms with Crippen molar-refractivity contribution in [1.29, 1.82) is 0 Å². The lowest BCUT2D eigenvalue weighted by Gasteiger charge is -2.34. The molecule has 0 aliphatic rings. The maximum Gasteiger partial charge on any atom is 0.317 e. The van der Waals surface area contributed by atoms with E-state index in [-0.39, 0.29) is 24.0 Å². The molecule has 0 bridgehead atoms. The van der Waals surface area contributed by atoms with Crippen LogP contribution in [0.15, 0.2) is 61.3 Å². The summed E-state index contributed by atoms with van der Waals surface area (Å²) in [5.41, 5.74) is 4.68. The number of rotatable bonds is 22. The molecule has 0 heterocycles. The fraction of sp³-hybridized carbons (Fsp3) is 0.579. The van der Waals surface area contributed by atoms with Gasteiger partial charge in [0, 0.05) is 32.7 Å². The summed E-state index contributed by atoms with van der Waals surface area (Å²) >= 11 is 0. The smallest absolute Gasteiger partial charge is 0.317 e. The van der Waals surface area contributed by atoms with Crippen LogP contribution in [0.1, 0.15) is 109 Å². The molecular weight excluding hydrogens is 544 g/mol. The number of hydrogen-bond donors (Lipinski definition) is 2. The van der Waals surface area contributed by atoms with Gasteiger partial charge in [-0.3, -0.25) is 4.79 Å². The topological polar surface area (TPSA) is 64.7 Å². The first-order chi connectivity index (χ1) is 21.4. The van der Waals surface area contributed by atoms with Crippen LogP contribution in [-0.2, 0) is 17.8 Å². The van der Waals surface area contributed by atoms with Crippen molar-refractivity contribution in [3.8, 4) is 11.1 Å². The number of benzene rings is 2. The second kappa shape index (κ2) is 21.4. The average molecular weight is 605 g/mol. The highest BCUT2D eigenvalue weighted by Gasteiger charge is 2.26. The van der Waals surface area contributed by atoms with Gasteiger partial charge in [0.2, 0.25) is 5.91 Å². The second-order valence-corrected chi connectivity index (χ2v) is 12.1. The van der Waals surface area contributed by atoms with Gasteiger partial charge in [-0.2, -0.15) is 0 Å². The highest BCUT2D eigenvalue weighted by Crippen LogP contribution is 2.24. The van der Waals surface area contributed by atoms with Crippen LogP contribution < -0.4 is 10.6 Å². The molecule has 6 nitrogen and oxygen atoms in total. The van der Waals surface area contributed by atoms with E-state index in [1.165, 1.54) is 37.7 Å². The van der Waals surface area contributed by atoms with Gasteiger partial charge in [-0.05, 0) is 67.1 Å². The molecule has 44 heavy (non-hydrogen) atoms. The van der Waals surface area contributed by atoms with Crippen LogP contribution in [0.4, 0.5) is 4.79 Å². The van der Waals surface area contributed by atoms with Crippen LogP contribution in [-0.4, -0.2) is 54.0 Å². The van der Waals surface area contributed by atoms with E-state index in [9.17, 15) is 9.59 Å². The zero-order valence-corrected chi connectivity index (χ0v) is 28.4. The Morgan fingerprint density at radius 1 is 0.818 bits per heavy atom. The Morgan fingerprint density at radius 2 is 1.48 bits per heavy atom. The molecule has 2 aromatic rings. The van der Waals surface area contributed by atoms with Gasteiger partial charge in [0.15, 0.2) is 0 Å². The van der Waals surface area contributed by atoms with Gasteiger partial charge in [-0.25, -0.2) is 4.79 Å². The van der Waals surface area contributed by atoms with Crippen molar-refractivity contribution in [2.45, 2.75) is 123 Å². The lowest BCUT2D eigenvalue weighted by atomic mass is 9.95. The number of carbonyl (C=O) groups excluding carboxylic acids is 2.